The molecule has 0 aliphatic carbocycles. The number of esters is 1. The number of hydrogen-bond donors (Lipinski definition) is 0. The summed E-state index contributed by atoms with van der Waals surface area (Å²) in [5, 5.41) is 0. The van der Waals surface area contributed by atoms with Gasteiger partial charge < -0.3 is 14.4 Å². The van der Waals surface area contributed by atoms with E-state index in [1.807, 2.05) is 43.3 Å². The Morgan fingerprint density at radius 3 is 2.76 bits per heavy atom. The van der Waals surface area contributed by atoms with Gasteiger partial charge in [0.15, 0.2) is 0 Å². The second-order valence-electron chi connectivity index (χ2n) is 4.47. The van der Waals surface area contributed by atoms with Gasteiger partial charge in [-0.2, -0.15) is 0 Å². The van der Waals surface area contributed by atoms with Crippen LogP contribution in [0.3, 0.4) is 0 Å². The Labute approximate surface area is 101 Å². The van der Waals surface area contributed by atoms with E-state index in [0.29, 0.717) is 0 Å². The Morgan fingerprint density at radius 2 is 2.12 bits per heavy atom. The molecule has 0 bridgehead atoms. The van der Waals surface area contributed by atoms with Crippen molar-refractivity contribution in [2.75, 3.05) is 27.7 Å². The summed E-state index contributed by atoms with van der Waals surface area (Å²) in [6, 6.07) is 7.77. The van der Waals surface area contributed by atoms with E-state index in [1.165, 1.54) is 7.11 Å². The number of hydrogen-bond acceptors (Lipinski definition) is 4. The molecule has 1 heterocycles. The van der Waals surface area contributed by atoms with Crippen molar-refractivity contribution >= 4 is 5.97 Å². The van der Waals surface area contributed by atoms with Crippen molar-refractivity contribution in [2.45, 2.75) is 12.0 Å². The highest BCUT2D eigenvalue weighted by Gasteiger charge is 2.39. The van der Waals surface area contributed by atoms with Crippen LogP contribution in [0, 0.1) is 0 Å². The average Bonchev–Trinajstić information content (AvgIpc) is 2.67. The van der Waals surface area contributed by atoms with Crippen molar-refractivity contribution in [1.82, 2.24) is 4.90 Å². The molecular formula is C13H17NO3. The molecule has 0 amide bonds. The summed E-state index contributed by atoms with van der Waals surface area (Å²) >= 11 is 0. The van der Waals surface area contributed by atoms with Gasteiger partial charge in [-0.25, -0.2) is 4.79 Å². The number of para-hydroxylation sites is 1. The van der Waals surface area contributed by atoms with E-state index in [2.05, 4.69) is 0 Å². The fraction of sp³-hybridized carbons (Fsp3) is 0.462. The fourth-order valence-corrected chi connectivity index (χ4v) is 2.19. The largest absolute Gasteiger partial charge is 0.478 e. The number of nitrogens with zero attached hydrogens (tertiary/aromatic N) is 1. The van der Waals surface area contributed by atoms with Crippen LogP contribution in [0.2, 0.25) is 0 Å². The Bertz CT molecular complexity index is 417. The van der Waals surface area contributed by atoms with Crippen molar-refractivity contribution in [3.8, 4) is 5.75 Å². The molecule has 92 valence electrons. The lowest BCUT2D eigenvalue weighted by Crippen LogP contribution is -2.35. The van der Waals surface area contributed by atoms with Crippen LogP contribution >= 0.6 is 0 Å². The Hall–Kier alpha value is -1.55. The molecule has 0 spiro atoms. The van der Waals surface area contributed by atoms with E-state index < -0.39 is 6.10 Å². The highest BCUT2D eigenvalue weighted by Crippen LogP contribution is 2.38. The van der Waals surface area contributed by atoms with Crippen molar-refractivity contribution in [3.05, 3.63) is 29.8 Å². The Balaban J connectivity index is 2.30. The van der Waals surface area contributed by atoms with Crippen molar-refractivity contribution < 1.29 is 14.3 Å². The first-order chi connectivity index (χ1) is 8.13. The Kier molecular flexibility index (Phi) is 3.33. The highest BCUT2D eigenvalue weighted by molar-refractivity contribution is 5.78. The lowest BCUT2D eigenvalue weighted by Gasteiger charge is -2.20. The molecule has 0 aromatic heterocycles. The van der Waals surface area contributed by atoms with Gasteiger partial charge in [0, 0.05) is 18.0 Å². The van der Waals surface area contributed by atoms with E-state index >= 15 is 0 Å². The van der Waals surface area contributed by atoms with Crippen molar-refractivity contribution in [1.29, 1.82) is 0 Å². The predicted octanol–water partition coefficient (Wildman–Crippen LogP) is 1.27. The topological polar surface area (TPSA) is 38.8 Å². The zero-order valence-electron chi connectivity index (χ0n) is 10.3. The minimum absolute atomic E-state index is 0.0358. The van der Waals surface area contributed by atoms with Crippen molar-refractivity contribution in [2.24, 2.45) is 0 Å². The van der Waals surface area contributed by atoms with Crippen LogP contribution in [-0.4, -0.2) is 44.7 Å². The lowest BCUT2D eigenvalue weighted by atomic mass is 9.95. The molecule has 2 unspecified atom stereocenters. The van der Waals surface area contributed by atoms with Gasteiger partial charge in [-0.3, -0.25) is 0 Å². The van der Waals surface area contributed by atoms with E-state index in [9.17, 15) is 4.79 Å². The molecule has 0 saturated carbocycles. The molecule has 2 rings (SSSR count). The first kappa shape index (κ1) is 11.9. The maximum absolute atomic E-state index is 11.7. The van der Waals surface area contributed by atoms with Gasteiger partial charge in [0.05, 0.1) is 7.11 Å². The predicted molar refractivity (Wildman–Crippen MR) is 64.2 cm³/mol. The molecule has 4 nitrogen and oxygen atoms in total. The van der Waals surface area contributed by atoms with Gasteiger partial charge in [-0.15, -0.1) is 0 Å². The standard InChI is InChI=1S/C13H17NO3/c1-14(2)8-10-9-6-4-5-7-11(9)17-12(10)13(15)16-3/h4-7,10,12H,8H2,1-3H3. The van der Waals surface area contributed by atoms with Crippen LogP contribution < -0.4 is 4.74 Å². The van der Waals surface area contributed by atoms with Gasteiger partial charge in [0.1, 0.15) is 5.75 Å². The molecule has 0 saturated heterocycles. The number of ether oxygens (including phenoxy) is 2. The number of carbonyl (C=O) groups is 1. The van der Waals surface area contributed by atoms with Gasteiger partial charge in [0.2, 0.25) is 6.10 Å². The summed E-state index contributed by atoms with van der Waals surface area (Å²) in [5.74, 6) is 0.511. The quantitative estimate of drug-likeness (QED) is 0.739. The summed E-state index contributed by atoms with van der Waals surface area (Å²) in [7, 11) is 5.35. The SMILES string of the molecule is COC(=O)C1Oc2ccccc2C1CN(C)C. The minimum atomic E-state index is -0.528. The molecule has 4 heteroatoms. The Morgan fingerprint density at radius 1 is 1.41 bits per heavy atom. The lowest BCUT2D eigenvalue weighted by molar-refractivity contribution is -0.149. The molecule has 0 radical (unpaired) electrons. The minimum Gasteiger partial charge on any atom is -0.478 e. The van der Waals surface area contributed by atoms with E-state index in [4.69, 9.17) is 9.47 Å². The van der Waals surface area contributed by atoms with Gasteiger partial charge in [-0.1, -0.05) is 18.2 Å². The molecule has 0 fully saturated rings. The number of rotatable bonds is 3. The van der Waals surface area contributed by atoms with E-state index in [-0.39, 0.29) is 11.9 Å². The van der Waals surface area contributed by atoms with Crippen molar-refractivity contribution in [3.63, 3.8) is 0 Å². The van der Waals surface area contributed by atoms with E-state index in [1.54, 1.807) is 0 Å². The molecular weight excluding hydrogens is 218 g/mol. The van der Waals surface area contributed by atoms with Crippen LogP contribution in [0.1, 0.15) is 11.5 Å². The normalized spacial score (nSPS) is 22.1. The monoisotopic (exact) mass is 235 g/mol. The van der Waals surface area contributed by atoms with Gasteiger partial charge >= 0.3 is 5.97 Å². The van der Waals surface area contributed by atoms with Crippen LogP contribution in [0.4, 0.5) is 0 Å². The third kappa shape index (κ3) is 2.26. The number of carbonyl (C=O) groups excluding carboxylic acids is 1. The molecule has 17 heavy (non-hydrogen) atoms. The zero-order chi connectivity index (χ0) is 12.4. The first-order valence-corrected chi connectivity index (χ1v) is 5.61. The third-order valence-electron chi connectivity index (χ3n) is 2.93. The maximum atomic E-state index is 11.7. The number of fused-ring (bicyclic) bond motifs is 1. The van der Waals surface area contributed by atoms with Gasteiger partial charge in [0.25, 0.3) is 0 Å². The van der Waals surface area contributed by atoms with Crippen LogP contribution in [0.5, 0.6) is 5.75 Å². The summed E-state index contributed by atoms with van der Waals surface area (Å²) in [5.41, 5.74) is 1.08. The first-order valence-electron chi connectivity index (χ1n) is 5.61. The summed E-state index contributed by atoms with van der Waals surface area (Å²) < 4.78 is 10.5. The number of likely N-dealkylation sites (N-methyl/N-ethyl adjacent to an activating group) is 1. The fourth-order valence-electron chi connectivity index (χ4n) is 2.19. The molecule has 1 aromatic rings. The van der Waals surface area contributed by atoms with Crippen LogP contribution in [0.15, 0.2) is 24.3 Å². The number of benzene rings is 1. The second kappa shape index (κ2) is 4.75. The summed E-state index contributed by atoms with van der Waals surface area (Å²) in [4.78, 5) is 13.8. The molecule has 1 aliphatic rings. The molecule has 1 aliphatic heterocycles. The number of methoxy groups -OCH3 is 1. The second-order valence-corrected chi connectivity index (χ2v) is 4.47. The van der Waals surface area contributed by atoms with Crippen LogP contribution in [0.25, 0.3) is 0 Å². The molecule has 2 atom stereocenters. The van der Waals surface area contributed by atoms with Crippen LogP contribution in [-0.2, 0) is 9.53 Å². The zero-order valence-corrected chi connectivity index (χ0v) is 10.3. The van der Waals surface area contributed by atoms with E-state index in [0.717, 1.165) is 17.9 Å². The molecule has 1 aromatic carbocycles. The summed E-state index contributed by atoms with van der Waals surface area (Å²) in [6.45, 7) is 0.761. The maximum Gasteiger partial charge on any atom is 0.347 e. The summed E-state index contributed by atoms with van der Waals surface area (Å²) in [6.07, 6.45) is -0.528. The third-order valence-corrected chi connectivity index (χ3v) is 2.93. The smallest absolute Gasteiger partial charge is 0.347 e. The van der Waals surface area contributed by atoms with Gasteiger partial charge in [-0.05, 0) is 20.2 Å². The highest BCUT2D eigenvalue weighted by atomic mass is 16.6. The average molecular weight is 235 g/mol. The molecule has 0 N–H and O–H groups in total.